The van der Waals surface area contributed by atoms with E-state index in [1.807, 2.05) is 18.3 Å². The molecule has 0 bridgehead atoms. The van der Waals surface area contributed by atoms with Gasteiger partial charge >= 0.3 is 0 Å². The maximum absolute atomic E-state index is 6.04. The highest BCUT2D eigenvalue weighted by Crippen LogP contribution is 2.16. The standard InChI is InChI=1S/C15H18ClN3/c1-4-11-5-6-12(17-9-11)7-13-8-14(16)19-15(18-13)10(2)3/h5-6,8-10H,4,7H2,1-3H3. The first-order valence-corrected chi connectivity index (χ1v) is 6.93. The van der Waals surface area contributed by atoms with Crippen molar-refractivity contribution in [2.75, 3.05) is 0 Å². The zero-order valence-electron chi connectivity index (χ0n) is 11.5. The van der Waals surface area contributed by atoms with Gasteiger partial charge in [0.25, 0.3) is 0 Å². The van der Waals surface area contributed by atoms with Crippen LogP contribution in [0.4, 0.5) is 0 Å². The van der Waals surface area contributed by atoms with Crippen LogP contribution in [0.25, 0.3) is 0 Å². The predicted molar refractivity (Wildman–Crippen MR) is 77.6 cm³/mol. The van der Waals surface area contributed by atoms with E-state index in [1.54, 1.807) is 0 Å². The van der Waals surface area contributed by atoms with E-state index in [4.69, 9.17) is 11.6 Å². The van der Waals surface area contributed by atoms with E-state index in [-0.39, 0.29) is 5.92 Å². The molecule has 0 saturated carbocycles. The number of nitrogens with zero attached hydrogens (tertiary/aromatic N) is 3. The van der Waals surface area contributed by atoms with Crippen molar-refractivity contribution >= 4 is 11.6 Å². The Hall–Kier alpha value is -1.48. The van der Waals surface area contributed by atoms with E-state index in [0.29, 0.717) is 11.6 Å². The lowest BCUT2D eigenvalue weighted by Gasteiger charge is -2.07. The van der Waals surface area contributed by atoms with E-state index in [9.17, 15) is 0 Å². The van der Waals surface area contributed by atoms with E-state index in [0.717, 1.165) is 23.6 Å². The molecule has 0 unspecified atom stereocenters. The topological polar surface area (TPSA) is 38.7 Å². The maximum atomic E-state index is 6.04. The van der Waals surface area contributed by atoms with Crippen LogP contribution in [-0.4, -0.2) is 15.0 Å². The average Bonchev–Trinajstić information content (AvgIpc) is 2.39. The number of rotatable bonds is 4. The van der Waals surface area contributed by atoms with Gasteiger partial charge in [-0.05, 0) is 24.1 Å². The highest BCUT2D eigenvalue weighted by atomic mass is 35.5. The minimum atomic E-state index is 0.271. The molecular formula is C15H18ClN3. The van der Waals surface area contributed by atoms with Crippen molar-refractivity contribution < 1.29 is 0 Å². The van der Waals surface area contributed by atoms with Crippen molar-refractivity contribution in [2.45, 2.75) is 39.5 Å². The molecule has 3 nitrogen and oxygen atoms in total. The smallest absolute Gasteiger partial charge is 0.133 e. The second-order valence-electron chi connectivity index (χ2n) is 4.88. The first-order chi connectivity index (χ1) is 9.08. The lowest BCUT2D eigenvalue weighted by Crippen LogP contribution is -2.03. The normalized spacial score (nSPS) is 11.0. The molecular weight excluding hydrogens is 258 g/mol. The van der Waals surface area contributed by atoms with Crippen molar-refractivity contribution in [1.82, 2.24) is 15.0 Å². The lowest BCUT2D eigenvalue weighted by atomic mass is 10.1. The van der Waals surface area contributed by atoms with E-state index in [1.165, 1.54) is 5.56 Å². The fraction of sp³-hybridized carbons (Fsp3) is 0.400. The number of hydrogen-bond donors (Lipinski definition) is 0. The summed E-state index contributed by atoms with van der Waals surface area (Å²) in [6, 6.07) is 5.96. The van der Waals surface area contributed by atoms with Crippen LogP contribution < -0.4 is 0 Å². The summed E-state index contributed by atoms with van der Waals surface area (Å²) >= 11 is 6.04. The quantitative estimate of drug-likeness (QED) is 0.797. The van der Waals surface area contributed by atoms with Gasteiger partial charge in [0.2, 0.25) is 0 Å². The Bertz CT molecular complexity index is 550. The Morgan fingerprint density at radius 2 is 1.95 bits per heavy atom. The summed E-state index contributed by atoms with van der Waals surface area (Å²) in [6.45, 7) is 6.24. The summed E-state index contributed by atoms with van der Waals surface area (Å²) < 4.78 is 0. The molecule has 0 atom stereocenters. The summed E-state index contributed by atoms with van der Waals surface area (Å²) in [7, 11) is 0. The van der Waals surface area contributed by atoms with Crippen LogP contribution in [0.1, 0.15) is 49.5 Å². The summed E-state index contributed by atoms with van der Waals surface area (Å²) in [5, 5.41) is 0.499. The third-order valence-electron chi connectivity index (χ3n) is 2.94. The van der Waals surface area contributed by atoms with Gasteiger partial charge in [-0.2, -0.15) is 0 Å². The maximum Gasteiger partial charge on any atom is 0.133 e. The van der Waals surface area contributed by atoms with Crippen LogP contribution in [0.2, 0.25) is 5.15 Å². The molecule has 2 rings (SSSR count). The minimum Gasteiger partial charge on any atom is -0.261 e. The van der Waals surface area contributed by atoms with Crippen LogP contribution >= 0.6 is 11.6 Å². The Morgan fingerprint density at radius 1 is 1.16 bits per heavy atom. The summed E-state index contributed by atoms with van der Waals surface area (Å²) in [4.78, 5) is 13.2. The molecule has 0 N–H and O–H groups in total. The van der Waals surface area contributed by atoms with Gasteiger partial charge in [0.05, 0.1) is 5.69 Å². The van der Waals surface area contributed by atoms with Gasteiger partial charge < -0.3 is 0 Å². The van der Waals surface area contributed by atoms with Crippen molar-refractivity contribution in [3.63, 3.8) is 0 Å². The number of aromatic nitrogens is 3. The molecule has 0 saturated heterocycles. The number of aryl methyl sites for hydroxylation is 1. The molecule has 0 aliphatic heterocycles. The van der Waals surface area contributed by atoms with E-state index in [2.05, 4.69) is 41.8 Å². The zero-order chi connectivity index (χ0) is 13.8. The molecule has 0 aliphatic rings. The Morgan fingerprint density at radius 3 is 2.53 bits per heavy atom. The highest BCUT2D eigenvalue weighted by Gasteiger charge is 2.08. The predicted octanol–water partition coefficient (Wildman–Crippen LogP) is 3.80. The van der Waals surface area contributed by atoms with Crippen LogP contribution in [0.15, 0.2) is 24.4 Å². The molecule has 0 spiro atoms. The molecule has 100 valence electrons. The number of halogens is 1. The Labute approximate surface area is 119 Å². The monoisotopic (exact) mass is 275 g/mol. The first kappa shape index (κ1) is 13.9. The number of hydrogen-bond acceptors (Lipinski definition) is 3. The average molecular weight is 276 g/mol. The summed E-state index contributed by atoms with van der Waals surface area (Å²) in [5.41, 5.74) is 3.16. The SMILES string of the molecule is CCc1ccc(Cc2cc(Cl)nc(C(C)C)n2)nc1. The molecule has 2 aromatic rings. The Balaban J connectivity index is 2.22. The van der Waals surface area contributed by atoms with Crippen molar-refractivity contribution in [3.8, 4) is 0 Å². The van der Waals surface area contributed by atoms with Crippen LogP contribution in [0.5, 0.6) is 0 Å². The summed E-state index contributed by atoms with van der Waals surface area (Å²) in [5.74, 6) is 1.06. The molecule has 0 radical (unpaired) electrons. The lowest BCUT2D eigenvalue weighted by molar-refractivity contribution is 0.759. The largest absolute Gasteiger partial charge is 0.261 e. The van der Waals surface area contributed by atoms with Gasteiger partial charge in [-0.3, -0.25) is 4.98 Å². The van der Waals surface area contributed by atoms with Gasteiger partial charge in [0.15, 0.2) is 0 Å². The number of pyridine rings is 1. The highest BCUT2D eigenvalue weighted by molar-refractivity contribution is 6.29. The van der Waals surface area contributed by atoms with E-state index < -0.39 is 0 Å². The van der Waals surface area contributed by atoms with Gasteiger partial charge in [0.1, 0.15) is 11.0 Å². The van der Waals surface area contributed by atoms with Crippen molar-refractivity contribution in [1.29, 1.82) is 0 Å². The van der Waals surface area contributed by atoms with Crippen molar-refractivity contribution in [3.05, 3.63) is 52.3 Å². The molecule has 19 heavy (non-hydrogen) atoms. The van der Waals surface area contributed by atoms with Crippen molar-refractivity contribution in [2.24, 2.45) is 0 Å². The molecule has 2 aromatic heterocycles. The molecule has 0 aliphatic carbocycles. The molecule has 4 heteroatoms. The van der Waals surface area contributed by atoms with Gasteiger partial charge in [0, 0.05) is 24.2 Å². The fourth-order valence-corrected chi connectivity index (χ4v) is 2.00. The van der Waals surface area contributed by atoms with Gasteiger partial charge in [-0.1, -0.05) is 38.4 Å². The van der Waals surface area contributed by atoms with Crippen LogP contribution in [0.3, 0.4) is 0 Å². The molecule has 2 heterocycles. The second-order valence-corrected chi connectivity index (χ2v) is 5.27. The Kier molecular flexibility index (Phi) is 4.48. The second kappa shape index (κ2) is 6.11. The molecule has 0 fully saturated rings. The minimum absolute atomic E-state index is 0.271. The van der Waals surface area contributed by atoms with Gasteiger partial charge in [-0.25, -0.2) is 9.97 Å². The first-order valence-electron chi connectivity index (χ1n) is 6.55. The molecule has 0 aromatic carbocycles. The van der Waals surface area contributed by atoms with Crippen LogP contribution in [-0.2, 0) is 12.8 Å². The van der Waals surface area contributed by atoms with Gasteiger partial charge in [-0.15, -0.1) is 0 Å². The zero-order valence-corrected chi connectivity index (χ0v) is 12.3. The van der Waals surface area contributed by atoms with E-state index >= 15 is 0 Å². The summed E-state index contributed by atoms with van der Waals surface area (Å²) in [6.07, 6.45) is 3.61. The third-order valence-corrected chi connectivity index (χ3v) is 3.13. The fourth-order valence-electron chi connectivity index (χ4n) is 1.79. The molecule has 0 amide bonds. The third kappa shape index (κ3) is 3.74. The van der Waals surface area contributed by atoms with Crippen LogP contribution in [0, 0.1) is 0 Å².